The van der Waals surface area contributed by atoms with Crippen molar-refractivity contribution in [1.29, 1.82) is 0 Å². The number of nitrogens with zero attached hydrogens (tertiary/aromatic N) is 2. The maximum Gasteiger partial charge on any atom is 0.227 e. The van der Waals surface area contributed by atoms with Gasteiger partial charge in [0.15, 0.2) is 0 Å². The van der Waals surface area contributed by atoms with E-state index in [4.69, 9.17) is 15.0 Å². The first kappa shape index (κ1) is 22.5. The van der Waals surface area contributed by atoms with Crippen molar-refractivity contribution in [2.24, 2.45) is 5.73 Å². The lowest BCUT2D eigenvalue weighted by molar-refractivity contribution is 0.304. The van der Waals surface area contributed by atoms with Gasteiger partial charge in [0.25, 0.3) is 0 Å². The second kappa shape index (κ2) is 13.6. The first-order chi connectivity index (χ1) is 12.3. The van der Waals surface area contributed by atoms with Gasteiger partial charge in [-0.1, -0.05) is 50.6 Å². The molecule has 0 unspecified atom stereocenters. The summed E-state index contributed by atoms with van der Waals surface area (Å²) in [6.07, 6.45) is 10.6. The molecule has 1 heterocycles. The SMILES string of the molecule is CCCCCCCCCOc1ccc(-c2noc(CCCN)n2)cc1.Cl. The smallest absolute Gasteiger partial charge is 0.227 e. The Morgan fingerprint density at radius 2 is 1.65 bits per heavy atom. The van der Waals surface area contributed by atoms with Gasteiger partial charge in [-0.05, 0) is 43.7 Å². The Kier molecular flexibility index (Phi) is 11.7. The third-order valence-corrected chi connectivity index (χ3v) is 4.19. The summed E-state index contributed by atoms with van der Waals surface area (Å²) in [6.45, 7) is 3.65. The molecule has 26 heavy (non-hydrogen) atoms. The van der Waals surface area contributed by atoms with Gasteiger partial charge in [-0.15, -0.1) is 12.4 Å². The first-order valence-electron chi connectivity index (χ1n) is 9.59. The van der Waals surface area contributed by atoms with Crippen LogP contribution in [0, 0.1) is 0 Å². The van der Waals surface area contributed by atoms with Crippen molar-refractivity contribution in [1.82, 2.24) is 10.1 Å². The van der Waals surface area contributed by atoms with E-state index in [9.17, 15) is 0 Å². The Hall–Kier alpha value is -1.59. The number of unbranched alkanes of at least 4 members (excludes halogenated alkanes) is 6. The van der Waals surface area contributed by atoms with Crippen LogP contribution in [0.3, 0.4) is 0 Å². The molecule has 0 aliphatic heterocycles. The van der Waals surface area contributed by atoms with Crippen LogP contribution < -0.4 is 10.5 Å². The van der Waals surface area contributed by atoms with Gasteiger partial charge in [0, 0.05) is 12.0 Å². The van der Waals surface area contributed by atoms with Gasteiger partial charge in [-0.3, -0.25) is 0 Å². The Balaban J connectivity index is 0.00000338. The number of hydrogen-bond acceptors (Lipinski definition) is 5. The van der Waals surface area contributed by atoms with Crippen LogP contribution in [0.5, 0.6) is 5.75 Å². The van der Waals surface area contributed by atoms with E-state index in [0.29, 0.717) is 18.3 Å². The highest BCUT2D eigenvalue weighted by atomic mass is 35.5. The minimum absolute atomic E-state index is 0. The van der Waals surface area contributed by atoms with Crippen LogP contribution in [-0.4, -0.2) is 23.3 Å². The maximum atomic E-state index is 5.80. The zero-order valence-corrected chi connectivity index (χ0v) is 16.6. The fourth-order valence-corrected chi connectivity index (χ4v) is 2.68. The van der Waals surface area contributed by atoms with Crippen molar-refractivity contribution >= 4 is 12.4 Å². The molecule has 2 aromatic rings. The molecule has 1 aromatic heterocycles. The minimum Gasteiger partial charge on any atom is -0.494 e. The van der Waals surface area contributed by atoms with Crippen LogP contribution in [0.15, 0.2) is 28.8 Å². The van der Waals surface area contributed by atoms with E-state index < -0.39 is 0 Å². The second-order valence-electron chi connectivity index (χ2n) is 6.40. The number of rotatable bonds is 13. The highest BCUT2D eigenvalue weighted by molar-refractivity contribution is 5.85. The summed E-state index contributed by atoms with van der Waals surface area (Å²) >= 11 is 0. The van der Waals surface area contributed by atoms with Crippen molar-refractivity contribution in [3.05, 3.63) is 30.2 Å². The summed E-state index contributed by atoms with van der Waals surface area (Å²) in [4.78, 5) is 4.39. The number of halogens is 1. The van der Waals surface area contributed by atoms with Crippen LogP contribution in [0.4, 0.5) is 0 Å². The molecule has 2 rings (SSSR count). The molecule has 0 atom stereocenters. The lowest BCUT2D eigenvalue weighted by Crippen LogP contribution is -2.00. The zero-order valence-electron chi connectivity index (χ0n) is 15.8. The van der Waals surface area contributed by atoms with Gasteiger partial charge in [0.05, 0.1) is 6.61 Å². The Labute approximate surface area is 163 Å². The van der Waals surface area contributed by atoms with E-state index in [1.807, 2.05) is 24.3 Å². The fraction of sp³-hybridized carbons (Fsp3) is 0.600. The van der Waals surface area contributed by atoms with E-state index >= 15 is 0 Å². The molecule has 0 aliphatic carbocycles. The Morgan fingerprint density at radius 1 is 0.962 bits per heavy atom. The second-order valence-corrected chi connectivity index (χ2v) is 6.40. The monoisotopic (exact) mass is 381 g/mol. The molecule has 0 aliphatic rings. The predicted octanol–water partition coefficient (Wildman–Crippen LogP) is 5.18. The molecular weight excluding hydrogens is 350 g/mol. The molecule has 5 nitrogen and oxygen atoms in total. The summed E-state index contributed by atoms with van der Waals surface area (Å²) in [5.74, 6) is 2.15. The Bertz CT molecular complexity index is 587. The van der Waals surface area contributed by atoms with Crippen molar-refractivity contribution < 1.29 is 9.26 Å². The van der Waals surface area contributed by atoms with Gasteiger partial charge in [-0.25, -0.2) is 0 Å². The van der Waals surface area contributed by atoms with Gasteiger partial charge < -0.3 is 15.0 Å². The number of ether oxygens (including phenoxy) is 1. The number of benzene rings is 1. The molecule has 0 spiro atoms. The maximum absolute atomic E-state index is 5.80. The van der Waals surface area contributed by atoms with Crippen LogP contribution >= 0.6 is 12.4 Å². The van der Waals surface area contributed by atoms with Crippen molar-refractivity contribution in [2.45, 2.75) is 64.7 Å². The lowest BCUT2D eigenvalue weighted by Gasteiger charge is -2.06. The van der Waals surface area contributed by atoms with E-state index in [2.05, 4.69) is 17.1 Å². The van der Waals surface area contributed by atoms with Gasteiger partial charge in [0.1, 0.15) is 5.75 Å². The first-order valence-corrected chi connectivity index (χ1v) is 9.59. The van der Waals surface area contributed by atoms with Gasteiger partial charge in [0.2, 0.25) is 11.7 Å². The number of aryl methyl sites for hydroxylation is 1. The zero-order chi connectivity index (χ0) is 17.7. The summed E-state index contributed by atoms with van der Waals surface area (Å²) in [5.41, 5.74) is 6.43. The summed E-state index contributed by atoms with van der Waals surface area (Å²) < 4.78 is 11.0. The number of nitrogens with two attached hydrogens (primary N) is 1. The number of hydrogen-bond donors (Lipinski definition) is 1. The van der Waals surface area contributed by atoms with Crippen molar-refractivity contribution in [3.8, 4) is 17.1 Å². The van der Waals surface area contributed by atoms with E-state index in [-0.39, 0.29) is 12.4 Å². The normalized spacial score (nSPS) is 10.5. The molecule has 2 N–H and O–H groups in total. The van der Waals surface area contributed by atoms with Crippen LogP contribution in [0.25, 0.3) is 11.4 Å². The fourth-order valence-electron chi connectivity index (χ4n) is 2.68. The molecular formula is C20H32ClN3O2. The minimum atomic E-state index is 0. The van der Waals surface area contributed by atoms with Gasteiger partial charge in [-0.2, -0.15) is 4.98 Å². The molecule has 0 saturated heterocycles. The molecule has 6 heteroatoms. The van der Waals surface area contributed by atoms with E-state index in [0.717, 1.165) is 37.2 Å². The summed E-state index contributed by atoms with van der Waals surface area (Å²) in [7, 11) is 0. The van der Waals surface area contributed by atoms with Crippen LogP contribution in [0.1, 0.15) is 64.2 Å². The quantitative estimate of drug-likeness (QED) is 0.484. The predicted molar refractivity (Wildman–Crippen MR) is 108 cm³/mol. The molecule has 0 radical (unpaired) electrons. The molecule has 0 amide bonds. The van der Waals surface area contributed by atoms with E-state index in [1.54, 1.807) is 0 Å². The molecule has 1 aromatic carbocycles. The van der Waals surface area contributed by atoms with Gasteiger partial charge >= 0.3 is 0 Å². The van der Waals surface area contributed by atoms with Crippen molar-refractivity contribution in [2.75, 3.05) is 13.2 Å². The molecule has 146 valence electrons. The van der Waals surface area contributed by atoms with Crippen molar-refractivity contribution in [3.63, 3.8) is 0 Å². The topological polar surface area (TPSA) is 74.2 Å². The highest BCUT2D eigenvalue weighted by Gasteiger charge is 2.08. The largest absolute Gasteiger partial charge is 0.494 e. The lowest BCUT2D eigenvalue weighted by atomic mass is 10.1. The third-order valence-electron chi connectivity index (χ3n) is 4.19. The average Bonchev–Trinajstić information content (AvgIpc) is 3.11. The molecule has 0 bridgehead atoms. The Morgan fingerprint density at radius 3 is 2.35 bits per heavy atom. The molecule has 0 saturated carbocycles. The number of aromatic nitrogens is 2. The third kappa shape index (κ3) is 8.19. The average molecular weight is 382 g/mol. The van der Waals surface area contributed by atoms with Crippen LogP contribution in [-0.2, 0) is 6.42 Å². The summed E-state index contributed by atoms with van der Waals surface area (Å²) in [6, 6.07) is 7.87. The van der Waals surface area contributed by atoms with Crippen LogP contribution in [0.2, 0.25) is 0 Å². The van der Waals surface area contributed by atoms with E-state index in [1.165, 1.54) is 38.5 Å². The summed E-state index contributed by atoms with van der Waals surface area (Å²) in [5, 5.41) is 4.02. The molecule has 0 fully saturated rings. The standard InChI is InChI=1S/C20H31N3O2.ClH/c1-2-3-4-5-6-7-8-16-24-18-13-11-17(12-14-18)20-22-19(25-23-20)10-9-15-21;/h11-14H,2-10,15-16,21H2,1H3;1H. The highest BCUT2D eigenvalue weighted by Crippen LogP contribution is 2.20.